The molecule has 0 aliphatic rings. The molecule has 3 aromatic rings. The highest BCUT2D eigenvalue weighted by Crippen LogP contribution is 2.37. The van der Waals surface area contributed by atoms with Crippen LogP contribution in [0.2, 0.25) is 5.02 Å². The minimum absolute atomic E-state index is 0.707. The molecule has 5 heteroatoms. The van der Waals surface area contributed by atoms with Gasteiger partial charge in [0.2, 0.25) is 0 Å². The van der Waals surface area contributed by atoms with E-state index in [9.17, 15) is 0 Å². The first-order valence-corrected chi connectivity index (χ1v) is 9.02. The van der Waals surface area contributed by atoms with Crippen LogP contribution >= 0.6 is 54.8 Å². The van der Waals surface area contributed by atoms with E-state index in [-0.39, 0.29) is 0 Å². The molecule has 0 saturated heterocycles. The van der Waals surface area contributed by atoms with Crippen molar-refractivity contribution in [2.75, 3.05) is 0 Å². The third kappa shape index (κ3) is 3.09. The molecule has 0 saturated carbocycles. The lowest BCUT2D eigenvalue weighted by Gasteiger charge is -2.01. The highest BCUT2D eigenvalue weighted by Gasteiger charge is 2.14. The highest BCUT2D eigenvalue weighted by molar-refractivity contribution is 9.11. The quantitative estimate of drug-likeness (QED) is 0.417. The largest absolute Gasteiger partial charge is 0.236 e. The molecule has 1 nitrogen and oxygen atoms in total. The van der Waals surface area contributed by atoms with Gasteiger partial charge < -0.3 is 0 Å². The van der Waals surface area contributed by atoms with E-state index in [1.165, 1.54) is 4.88 Å². The summed E-state index contributed by atoms with van der Waals surface area (Å²) >= 11 is 14.8. The number of benzene rings is 2. The van der Waals surface area contributed by atoms with Gasteiger partial charge in [-0.2, -0.15) is 0 Å². The fourth-order valence-electron chi connectivity index (χ4n) is 2.05. The summed E-state index contributed by atoms with van der Waals surface area (Å²) in [6.07, 6.45) is 0. The predicted molar refractivity (Wildman–Crippen MR) is 98.1 cm³/mol. The number of hydrogen-bond donors (Lipinski definition) is 0. The van der Waals surface area contributed by atoms with Gasteiger partial charge in [-0.15, -0.1) is 11.3 Å². The maximum Gasteiger partial charge on any atom is 0.124 e. The second-order valence-corrected chi connectivity index (χ2v) is 7.85. The molecule has 0 N–H and O–H groups in total. The summed E-state index contributed by atoms with van der Waals surface area (Å²) in [5.41, 5.74) is 3.21. The van der Waals surface area contributed by atoms with Crippen LogP contribution in [0, 0.1) is 6.92 Å². The van der Waals surface area contributed by atoms with Gasteiger partial charge >= 0.3 is 0 Å². The Kier molecular flexibility index (Phi) is 4.50. The van der Waals surface area contributed by atoms with E-state index >= 15 is 0 Å². The third-order valence-electron chi connectivity index (χ3n) is 3.09. The maximum atomic E-state index is 6.05. The lowest BCUT2D eigenvalue weighted by Crippen LogP contribution is -1.83. The molecule has 0 fully saturated rings. The summed E-state index contributed by atoms with van der Waals surface area (Å²) in [5, 5.41) is 1.70. The van der Waals surface area contributed by atoms with Crippen LogP contribution in [-0.2, 0) is 0 Å². The lowest BCUT2D eigenvalue weighted by molar-refractivity contribution is 1.36. The maximum absolute atomic E-state index is 6.05. The van der Waals surface area contributed by atoms with Crippen molar-refractivity contribution in [1.82, 2.24) is 4.98 Å². The fraction of sp³-hybridized carbons (Fsp3) is 0.0625. The average Bonchev–Trinajstić information content (AvgIpc) is 2.84. The standard InChI is InChI=1S/C16H10Br2ClNS/c1-9-15(11-4-2-3-5-12(11)17)20-16(21-9)10-6-7-14(19)13(18)8-10/h2-8H,1H3. The van der Waals surface area contributed by atoms with Crippen molar-refractivity contribution in [1.29, 1.82) is 0 Å². The van der Waals surface area contributed by atoms with Crippen molar-refractivity contribution < 1.29 is 0 Å². The normalized spacial score (nSPS) is 10.9. The van der Waals surface area contributed by atoms with E-state index in [0.29, 0.717) is 5.02 Å². The van der Waals surface area contributed by atoms with Crippen LogP contribution in [-0.4, -0.2) is 4.98 Å². The average molecular weight is 444 g/mol. The van der Waals surface area contributed by atoms with Gasteiger partial charge in [-0.1, -0.05) is 51.8 Å². The zero-order valence-corrected chi connectivity index (χ0v) is 15.8. The zero-order valence-electron chi connectivity index (χ0n) is 11.0. The van der Waals surface area contributed by atoms with E-state index in [1.54, 1.807) is 11.3 Å². The van der Waals surface area contributed by atoms with Crippen molar-refractivity contribution in [3.05, 3.63) is 61.3 Å². The number of halogens is 3. The Morgan fingerprint density at radius 3 is 2.52 bits per heavy atom. The zero-order chi connectivity index (χ0) is 15.0. The van der Waals surface area contributed by atoms with Crippen LogP contribution in [0.5, 0.6) is 0 Å². The van der Waals surface area contributed by atoms with Gasteiger partial charge in [0, 0.05) is 24.9 Å². The molecule has 0 unspecified atom stereocenters. The molecule has 0 atom stereocenters. The first kappa shape index (κ1) is 15.2. The number of aromatic nitrogens is 1. The van der Waals surface area contributed by atoms with Crippen LogP contribution in [0.15, 0.2) is 51.4 Å². The first-order valence-electron chi connectivity index (χ1n) is 6.24. The topological polar surface area (TPSA) is 12.9 Å². The molecular formula is C16H10Br2ClNS. The lowest BCUT2D eigenvalue weighted by atomic mass is 10.1. The number of hydrogen-bond acceptors (Lipinski definition) is 2. The molecule has 0 aliphatic heterocycles. The Balaban J connectivity index is 2.09. The van der Waals surface area contributed by atoms with Crippen LogP contribution in [0.1, 0.15) is 4.88 Å². The fourth-order valence-corrected chi connectivity index (χ4v) is 3.95. The van der Waals surface area contributed by atoms with E-state index in [4.69, 9.17) is 16.6 Å². The molecule has 0 spiro atoms. The van der Waals surface area contributed by atoms with Gasteiger partial charge in [-0.05, 0) is 41.1 Å². The molecule has 106 valence electrons. The number of aryl methyl sites for hydroxylation is 1. The van der Waals surface area contributed by atoms with Gasteiger partial charge in [0.15, 0.2) is 0 Å². The smallest absolute Gasteiger partial charge is 0.124 e. The molecule has 1 aromatic heterocycles. The second-order valence-electron chi connectivity index (χ2n) is 4.53. The Morgan fingerprint density at radius 1 is 1.05 bits per heavy atom. The highest BCUT2D eigenvalue weighted by atomic mass is 79.9. The molecule has 1 heterocycles. The summed E-state index contributed by atoms with van der Waals surface area (Å²) in [4.78, 5) is 6.00. The SMILES string of the molecule is Cc1sc(-c2ccc(Cl)c(Br)c2)nc1-c1ccccc1Br. The van der Waals surface area contributed by atoms with E-state index in [2.05, 4.69) is 44.8 Å². The molecule has 21 heavy (non-hydrogen) atoms. The minimum atomic E-state index is 0.707. The van der Waals surface area contributed by atoms with Crippen molar-refractivity contribution in [3.63, 3.8) is 0 Å². The molecular weight excluding hydrogens is 434 g/mol. The summed E-state index contributed by atoms with van der Waals surface area (Å²) in [7, 11) is 0. The van der Waals surface area contributed by atoms with Crippen LogP contribution in [0.25, 0.3) is 21.8 Å². The molecule has 3 rings (SSSR count). The monoisotopic (exact) mass is 441 g/mol. The first-order chi connectivity index (χ1) is 10.1. The number of rotatable bonds is 2. The Bertz CT molecular complexity index is 814. The van der Waals surface area contributed by atoms with Crippen molar-refractivity contribution in [2.45, 2.75) is 6.92 Å². The van der Waals surface area contributed by atoms with Gasteiger partial charge in [0.05, 0.1) is 10.7 Å². The van der Waals surface area contributed by atoms with E-state index < -0.39 is 0 Å². The summed E-state index contributed by atoms with van der Waals surface area (Å²) < 4.78 is 1.94. The number of nitrogens with zero attached hydrogens (tertiary/aromatic N) is 1. The van der Waals surface area contributed by atoms with Crippen LogP contribution in [0.4, 0.5) is 0 Å². The van der Waals surface area contributed by atoms with E-state index in [0.717, 1.165) is 30.8 Å². The molecule has 2 aromatic carbocycles. The molecule has 0 radical (unpaired) electrons. The van der Waals surface area contributed by atoms with E-state index in [1.807, 2.05) is 36.4 Å². The Morgan fingerprint density at radius 2 is 1.81 bits per heavy atom. The molecule has 0 bridgehead atoms. The number of thiazole rings is 1. The molecule has 0 aliphatic carbocycles. The van der Waals surface area contributed by atoms with Gasteiger partial charge in [-0.3, -0.25) is 0 Å². The Hall–Kier alpha value is -0.680. The van der Waals surface area contributed by atoms with Gasteiger partial charge in [0.1, 0.15) is 5.01 Å². The molecule has 0 amide bonds. The van der Waals surface area contributed by atoms with Crippen LogP contribution in [0.3, 0.4) is 0 Å². The van der Waals surface area contributed by atoms with Crippen molar-refractivity contribution in [2.24, 2.45) is 0 Å². The third-order valence-corrected chi connectivity index (χ3v) is 6.02. The van der Waals surface area contributed by atoms with Crippen molar-refractivity contribution in [3.8, 4) is 21.8 Å². The van der Waals surface area contributed by atoms with Gasteiger partial charge in [-0.25, -0.2) is 4.98 Å². The van der Waals surface area contributed by atoms with Gasteiger partial charge in [0.25, 0.3) is 0 Å². The summed E-state index contributed by atoms with van der Waals surface area (Å²) in [5.74, 6) is 0. The Labute approximate surface area is 149 Å². The van der Waals surface area contributed by atoms with Crippen LogP contribution < -0.4 is 0 Å². The summed E-state index contributed by atoms with van der Waals surface area (Å²) in [6, 6.07) is 14.0. The minimum Gasteiger partial charge on any atom is -0.236 e. The van der Waals surface area contributed by atoms with Crippen molar-refractivity contribution >= 4 is 54.8 Å². The predicted octanol–water partition coefficient (Wildman–Crippen LogP) is 6.96. The second kappa shape index (κ2) is 6.21. The summed E-state index contributed by atoms with van der Waals surface area (Å²) in [6.45, 7) is 2.10.